The van der Waals surface area contributed by atoms with E-state index < -0.39 is 0 Å². The molecule has 6 nitrogen and oxygen atoms in total. The van der Waals surface area contributed by atoms with Crippen LogP contribution in [0.3, 0.4) is 0 Å². The van der Waals surface area contributed by atoms with Gasteiger partial charge in [0.2, 0.25) is 5.91 Å². The number of pyridine rings is 1. The lowest BCUT2D eigenvalue weighted by Gasteiger charge is -2.34. The Morgan fingerprint density at radius 3 is 2.62 bits per heavy atom. The van der Waals surface area contributed by atoms with Gasteiger partial charge in [-0.2, -0.15) is 0 Å². The number of amides is 1. The average molecular weight is 400 g/mol. The third-order valence-corrected chi connectivity index (χ3v) is 7.20. The Hall–Kier alpha value is -1.92. The van der Waals surface area contributed by atoms with E-state index in [0.717, 1.165) is 12.2 Å². The van der Waals surface area contributed by atoms with Gasteiger partial charge in [-0.25, -0.2) is 0 Å². The van der Waals surface area contributed by atoms with Gasteiger partial charge in [-0.05, 0) is 37.8 Å². The standard InChI is InChI=1S/C23H33N3O3/c1-4-7-16-10-11-19-20-17(13-25(19)22(16)28)18(14-27)21(23(29)24(2)3)26(20)12-15-8-5-6-9-15/h4,7,10-11,15,17-18,20-21,27H,5-6,8-9,12-14H2,1-3H3/b7-4+/t17-,18-,20+,21-/m0/s1. The molecule has 3 heterocycles. The molecule has 0 aromatic carbocycles. The van der Waals surface area contributed by atoms with Crippen molar-refractivity contribution in [2.45, 2.75) is 51.2 Å². The molecule has 6 heteroatoms. The molecule has 29 heavy (non-hydrogen) atoms. The van der Waals surface area contributed by atoms with E-state index in [4.69, 9.17) is 0 Å². The predicted octanol–water partition coefficient (Wildman–Crippen LogP) is 2.12. The number of aliphatic hydroxyl groups is 1. The number of hydrogen-bond acceptors (Lipinski definition) is 4. The molecule has 1 aromatic heterocycles. The number of aromatic nitrogens is 1. The summed E-state index contributed by atoms with van der Waals surface area (Å²) in [5, 5.41) is 10.3. The number of aliphatic hydroxyl groups excluding tert-OH is 1. The van der Waals surface area contributed by atoms with Crippen LogP contribution in [-0.2, 0) is 11.3 Å². The number of rotatable bonds is 5. The van der Waals surface area contributed by atoms with Crippen LogP contribution in [0.25, 0.3) is 6.08 Å². The average Bonchev–Trinajstić information content (AvgIpc) is 3.40. The third-order valence-electron chi connectivity index (χ3n) is 7.20. The van der Waals surface area contributed by atoms with Gasteiger partial charge in [0.05, 0.1) is 12.1 Å². The second-order valence-electron chi connectivity index (χ2n) is 9.11. The van der Waals surface area contributed by atoms with Crippen LogP contribution in [0.2, 0.25) is 0 Å². The SMILES string of the molecule is C/C=C/c1ccc2n(c1=O)C[C@H]1[C@H](CO)[C@@H](C(=O)N(C)C)N(CC3CCCC3)[C@@H]21. The molecule has 4 atom stereocenters. The van der Waals surface area contributed by atoms with Crippen molar-refractivity contribution in [2.75, 3.05) is 27.2 Å². The molecular formula is C23H33N3O3. The molecule has 0 spiro atoms. The van der Waals surface area contributed by atoms with E-state index >= 15 is 0 Å². The summed E-state index contributed by atoms with van der Waals surface area (Å²) in [6.07, 6.45) is 8.65. The fourth-order valence-electron chi connectivity index (χ4n) is 5.87. The number of allylic oxidation sites excluding steroid dienone is 1. The number of fused-ring (bicyclic) bond motifs is 3. The Bertz CT molecular complexity index is 853. The van der Waals surface area contributed by atoms with Crippen LogP contribution in [0.15, 0.2) is 23.0 Å². The molecule has 2 aliphatic heterocycles. The predicted molar refractivity (Wildman–Crippen MR) is 113 cm³/mol. The highest BCUT2D eigenvalue weighted by Crippen LogP contribution is 2.50. The van der Waals surface area contributed by atoms with Gasteiger partial charge in [0.1, 0.15) is 0 Å². The largest absolute Gasteiger partial charge is 0.396 e. The van der Waals surface area contributed by atoms with Gasteiger partial charge in [0.25, 0.3) is 5.56 Å². The van der Waals surface area contributed by atoms with Crippen LogP contribution >= 0.6 is 0 Å². The number of nitrogens with zero attached hydrogens (tertiary/aromatic N) is 3. The second-order valence-corrected chi connectivity index (χ2v) is 9.11. The summed E-state index contributed by atoms with van der Waals surface area (Å²) in [6, 6.07) is 3.66. The zero-order chi connectivity index (χ0) is 20.7. The number of likely N-dealkylation sites (tertiary alicyclic amines) is 1. The van der Waals surface area contributed by atoms with Crippen molar-refractivity contribution < 1.29 is 9.90 Å². The summed E-state index contributed by atoms with van der Waals surface area (Å²) in [7, 11) is 3.58. The highest BCUT2D eigenvalue weighted by molar-refractivity contribution is 5.82. The monoisotopic (exact) mass is 399 g/mol. The van der Waals surface area contributed by atoms with E-state index in [1.807, 2.05) is 29.7 Å². The first-order valence-corrected chi connectivity index (χ1v) is 10.9. The molecule has 0 bridgehead atoms. The second kappa shape index (κ2) is 8.07. The topological polar surface area (TPSA) is 65.8 Å². The lowest BCUT2D eigenvalue weighted by atomic mass is 9.88. The molecular weight excluding hydrogens is 366 g/mol. The quantitative estimate of drug-likeness (QED) is 0.824. The number of carbonyl (C=O) groups excluding carboxylic acids is 1. The van der Waals surface area contributed by atoms with E-state index in [-0.39, 0.29) is 42.0 Å². The highest BCUT2D eigenvalue weighted by Gasteiger charge is 2.56. The molecule has 1 saturated carbocycles. The van der Waals surface area contributed by atoms with Crippen molar-refractivity contribution in [1.29, 1.82) is 0 Å². The van der Waals surface area contributed by atoms with Crippen molar-refractivity contribution in [3.63, 3.8) is 0 Å². The zero-order valence-electron chi connectivity index (χ0n) is 17.8. The Morgan fingerprint density at radius 2 is 2.00 bits per heavy atom. The fraction of sp³-hybridized carbons (Fsp3) is 0.652. The molecule has 1 aromatic rings. The molecule has 2 fully saturated rings. The molecule has 158 valence electrons. The minimum absolute atomic E-state index is 0.0222. The normalized spacial score (nSPS) is 29.5. The van der Waals surface area contributed by atoms with Crippen LogP contribution in [0.1, 0.15) is 49.9 Å². The Balaban J connectivity index is 1.77. The number of carbonyl (C=O) groups is 1. The maximum absolute atomic E-state index is 13.1. The van der Waals surface area contributed by atoms with Crippen LogP contribution in [0, 0.1) is 17.8 Å². The molecule has 0 radical (unpaired) electrons. The van der Waals surface area contributed by atoms with E-state index in [1.54, 1.807) is 19.0 Å². The smallest absolute Gasteiger partial charge is 0.258 e. The van der Waals surface area contributed by atoms with Gasteiger partial charge in [-0.3, -0.25) is 14.5 Å². The third kappa shape index (κ3) is 3.36. The molecule has 1 N–H and O–H groups in total. The van der Waals surface area contributed by atoms with Crippen LogP contribution in [-0.4, -0.2) is 58.7 Å². The summed E-state index contributed by atoms with van der Waals surface area (Å²) < 4.78 is 1.88. The maximum Gasteiger partial charge on any atom is 0.258 e. The van der Waals surface area contributed by atoms with Crippen LogP contribution in [0.5, 0.6) is 0 Å². The van der Waals surface area contributed by atoms with Gasteiger partial charge in [-0.15, -0.1) is 0 Å². The molecule has 1 saturated heterocycles. The van der Waals surface area contributed by atoms with E-state index in [0.29, 0.717) is 18.0 Å². The van der Waals surface area contributed by atoms with Crippen molar-refractivity contribution in [3.05, 3.63) is 39.8 Å². The summed E-state index contributed by atoms with van der Waals surface area (Å²) in [6.45, 7) is 3.33. The Morgan fingerprint density at radius 1 is 1.28 bits per heavy atom. The molecule has 0 unspecified atom stereocenters. The van der Waals surface area contributed by atoms with Crippen molar-refractivity contribution >= 4 is 12.0 Å². The van der Waals surface area contributed by atoms with E-state index in [1.165, 1.54) is 25.7 Å². The first kappa shape index (κ1) is 20.4. The molecule has 4 rings (SSSR count). The first-order chi connectivity index (χ1) is 14.0. The van der Waals surface area contributed by atoms with Gasteiger partial charge >= 0.3 is 0 Å². The van der Waals surface area contributed by atoms with E-state index in [9.17, 15) is 14.7 Å². The van der Waals surface area contributed by atoms with Gasteiger partial charge in [0, 0.05) is 56.9 Å². The molecule has 1 aliphatic carbocycles. The highest BCUT2D eigenvalue weighted by atomic mass is 16.3. The minimum Gasteiger partial charge on any atom is -0.396 e. The first-order valence-electron chi connectivity index (χ1n) is 10.9. The number of likely N-dealkylation sites (N-methyl/N-ethyl adjacent to an activating group) is 1. The summed E-state index contributed by atoms with van der Waals surface area (Å²) in [5.41, 5.74) is 1.72. The molecule has 1 amide bonds. The summed E-state index contributed by atoms with van der Waals surface area (Å²) >= 11 is 0. The Labute approximate surface area is 172 Å². The summed E-state index contributed by atoms with van der Waals surface area (Å²) in [4.78, 5) is 30.1. The van der Waals surface area contributed by atoms with Gasteiger partial charge < -0.3 is 14.6 Å². The Kier molecular flexibility index (Phi) is 5.67. The van der Waals surface area contributed by atoms with Crippen molar-refractivity contribution in [1.82, 2.24) is 14.4 Å². The van der Waals surface area contributed by atoms with Gasteiger partial charge in [0.15, 0.2) is 0 Å². The fourth-order valence-corrected chi connectivity index (χ4v) is 5.87. The van der Waals surface area contributed by atoms with Crippen molar-refractivity contribution in [3.8, 4) is 0 Å². The lowest BCUT2D eigenvalue weighted by Crippen LogP contribution is -2.49. The number of hydrogen-bond donors (Lipinski definition) is 1. The maximum atomic E-state index is 13.1. The van der Waals surface area contributed by atoms with Crippen LogP contribution < -0.4 is 5.56 Å². The van der Waals surface area contributed by atoms with Crippen LogP contribution in [0.4, 0.5) is 0 Å². The summed E-state index contributed by atoms with van der Waals surface area (Å²) in [5.74, 6) is 0.592. The minimum atomic E-state index is -0.315. The molecule has 3 aliphatic rings. The lowest BCUT2D eigenvalue weighted by molar-refractivity contribution is -0.136. The zero-order valence-corrected chi connectivity index (χ0v) is 17.8. The van der Waals surface area contributed by atoms with E-state index in [2.05, 4.69) is 11.0 Å². The van der Waals surface area contributed by atoms with Crippen molar-refractivity contribution in [2.24, 2.45) is 17.8 Å². The van der Waals surface area contributed by atoms with Gasteiger partial charge in [-0.1, -0.05) is 25.0 Å².